The third kappa shape index (κ3) is 3.20. The fourth-order valence-electron chi connectivity index (χ4n) is 2.63. The van der Waals surface area contributed by atoms with Gasteiger partial charge in [-0.05, 0) is 6.08 Å². The van der Waals surface area contributed by atoms with Crippen LogP contribution < -0.4 is 10.5 Å². The Kier molecular flexibility index (Phi) is 4.44. The zero-order valence-corrected chi connectivity index (χ0v) is 13.5. The summed E-state index contributed by atoms with van der Waals surface area (Å²) in [7, 11) is -4.47. The van der Waals surface area contributed by atoms with Crippen molar-refractivity contribution in [3.05, 3.63) is 18.6 Å². The number of aliphatic hydroxyl groups excluding tert-OH is 2. The van der Waals surface area contributed by atoms with Crippen LogP contribution in [0.1, 0.15) is 11.9 Å². The molecule has 3 heterocycles. The zero-order valence-electron chi connectivity index (χ0n) is 12.7. The Labute approximate surface area is 141 Å². The summed E-state index contributed by atoms with van der Waals surface area (Å²) in [4.78, 5) is 7.93. The van der Waals surface area contributed by atoms with E-state index in [2.05, 4.69) is 21.6 Å². The van der Waals surface area contributed by atoms with Crippen molar-refractivity contribution in [2.75, 3.05) is 12.3 Å². The van der Waals surface area contributed by atoms with Crippen molar-refractivity contribution in [3.8, 4) is 0 Å². The van der Waals surface area contributed by atoms with Crippen LogP contribution in [0.25, 0.3) is 17.1 Å². The average molecular weight is 372 g/mol. The van der Waals surface area contributed by atoms with E-state index in [4.69, 9.17) is 15.0 Å². The Morgan fingerprint density at radius 3 is 2.76 bits per heavy atom. The van der Waals surface area contributed by atoms with Crippen LogP contribution in [0.5, 0.6) is 0 Å². The van der Waals surface area contributed by atoms with Gasteiger partial charge in [-0.3, -0.25) is 4.55 Å². The second-order valence-electron chi connectivity index (χ2n) is 5.36. The topological polar surface area (TPSA) is 186 Å². The van der Waals surface area contributed by atoms with E-state index in [-0.39, 0.29) is 11.5 Å². The SMILES string of the molecule is C=Cc1nn([C@@H]2O[C@H](CNS(=O)(=O)O)[C@@H](O)[C@H]2O)c2ncnc(N)c12. The fourth-order valence-corrected chi connectivity index (χ4v) is 3.00. The van der Waals surface area contributed by atoms with Gasteiger partial charge in [0.15, 0.2) is 11.9 Å². The Bertz CT molecular complexity index is 914. The van der Waals surface area contributed by atoms with E-state index in [1.165, 1.54) is 17.1 Å². The predicted molar refractivity (Wildman–Crippen MR) is 85.3 cm³/mol. The molecule has 1 aliphatic rings. The first kappa shape index (κ1) is 17.7. The highest BCUT2D eigenvalue weighted by Crippen LogP contribution is 2.33. The van der Waals surface area contributed by atoms with Gasteiger partial charge < -0.3 is 20.7 Å². The smallest absolute Gasteiger partial charge is 0.333 e. The minimum Gasteiger partial charge on any atom is -0.387 e. The summed E-state index contributed by atoms with van der Waals surface area (Å²) in [5.74, 6) is 0.156. The monoisotopic (exact) mass is 372 g/mol. The number of nitrogen functional groups attached to an aromatic ring is 1. The molecule has 136 valence electrons. The van der Waals surface area contributed by atoms with E-state index in [9.17, 15) is 18.6 Å². The predicted octanol–water partition coefficient (Wildman–Crippen LogP) is -1.94. The summed E-state index contributed by atoms with van der Waals surface area (Å²) in [5, 5.41) is 24.9. The van der Waals surface area contributed by atoms with Crippen molar-refractivity contribution >= 4 is 33.2 Å². The highest BCUT2D eigenvalue weighted by Gasteiger charge is 2.45. The molecular formula is C12H16N6O6S. The number of nitrogens with two attached hydrogens (primary N) is 1. The molecule has 3 rings (SSSR count). The Hall–Kier alpha value is -2.16. The van der Waals surface area contributed by atoms with Crippen molar-refractivity contribution < 1.29 is 27.9 Å². The van der Waals surface area contributed by atoms with Crippen molar-refractivity contribution in [1.82, 2.24) is 24.5 Å². The van der Waals surface area contributed by atoms with Crippen molar-refractivity contribution in [3.63, 3.8) is 0 Å². The summed E-state index contributed by atoms with van der Waals surface area (Å²) in [6.45, 7) is 3.18. The molecule has 13 heteroatoms. The van der Waals surface area contributed by atoms with Crippen LogP contribution in [-0.2, 0) is 15.0 Å². The summed E-state index contributed by atoms with van der Waals surface area (Å²) in [6.07, 6.45) is -2.50. The van der Waals surface area contributed by atoms with Gasteiger partial charge in [-0.1, -0.05) is 6.58 Å². The molecule has 25 heavy (non-hydrogen) atoms. The van der Waals surface area contributed by atoms with Gasteiger partial charge in [0, 0.05) is 6.54 Å². The van der Waals surface area contributed by atoms with Gasteiger partial charge in [-0.2, -0.15) is 18.2 Å². The maximum Gasteiger partial charge on any atom is 0.333 e. The lowest BCUT2D eigenvalue weighted by Crippen LogP contribution is -2.39. The Morgan fingerprint density at radius 2 is 2.12 bits per heavy atom. The highest BCUT2D eigenvalue weighted by molar-refractivity contribution is 7.83. The number of aliphatic hydroxyl groups is 2. The molecular weight excluding hydrogens is 356 g/mol. The molecule has 0 amide bonds. The first-order chi connectivity index (χ1) is 11.7. The average Bonchev–Trinajstić information content (AvgIpc) is 3.05. The standard InChI is InChI=1S/C12H16N6O6S/c1-2-5-7-10(13)14-4-15-11(7)18(17-5)12-9(20)8(19)6(24-12)3-16-25(21,22)23/h2,4,6,8-9,12,16,19-20H,1,3H2,(H2,13,14,15)(H,21,22,23)/t6-,8-,9-,12-/m1/s1. The molecule has 0 radical (unpaired) electrons. The van der Waals surface area contributed by atoms with E-state index < -0.39 is 41.4 Å². The normalized spacial score (nSPS) is 27.0. The zero-order chi connectivity index (χ0) is 18.4. The molecule has 0 bridgehead atoms. The number of nitrogens with one attached hydrogen (secondary N) is 1. The van der Waals surface area contributed by atoms with Gasteiger partial charge in [0.05, 0.1) is 11.1 Å². The lowest BCUT2D eigenvalue weighted by atomic mass is 10.1. The van der Waals surface area contributed by atoms with Crippen LogP contribution in [0.15, 0.2) is 12.9 Å². The minimum absolute atomic E-state index is 0.156. The Morgan fingerprint density at radius 1 is 1.40 bits per heavy atom. The molecule has 6 N–H and O–H groups in total. The molecule has 0 saturated carbocycles. The molecule has 1 fully saturated rings. The molecule has 0 spiro atoms. The molecule has 12 nitrogen and oxygen atoms in total. The number of aromatic nitrogens is 4. The van der Waals surface area contributed by atoms with Crippen LogP contribution in [0.3, 0.4) is 0 Å². The van der Waals surface area contributed by atoms with Gasteiger partial charge in [0.1, 0.15) is 30.5 Å². The van der Waals surface area contributed by atoms with E-state index in [1.54, 1.807) is 4.72 Å². The third-order valence-corrected chi connectivity index (χ3v) is 4.32. The summed E-state index contributed by atoms with van der Waals surface area (Å²) in [6, 6.07) is 0. The third-order valence-electron chi connectivity index (χ3n) is 3.78. The molecule has 0 aliphatic carbocycles. The van der Waals surface area contributed by atoms with Crippen molar-refractivity contribution in [2.45, 2.75) is 24.5 Å². The number of fused-ring (bicyclic) bond motifs is 1. The largest absolute Gasteiger partial charge is 0.387 e. The molecule has 1 aliphatic heterocycles. The van der Waals surface area contributed by atoms with Crippen LogP contribution in [0, 0.1) is 0 Å². The number of anilines is 1. The number of hydrogen-bond donors (Lipinski definition) is 5. The molecule has 0 unspecified atom stereocenters. The lowest BCUT2D eigenvalue weighted by molar-refractivity contribution is -0.0402. The molecule has 4 atom stereocenters. The highest BCUT2D eigenvalue weighted by atomic mass is 32.2. The Balaban J connectivity index is 1.96. The number of nitrogens with zero attached hydrogens (tertiary/aromatic N) is 4. The minimum atomic E-state index is -4.47. The summed E-state index contributed by atoms with van der Waals surface area (Å²) >= 11 is 0. The molecule has 1 saturated heterocycles. The lowest BCUT2D eigenvalue weighted by Gasteiger charge is -2.15. The first-order valence-corrected chi connectivity index (χ1v) is 8.51. The van der Waals surface area contributed by atoms with E-state index in [0.717, 1.165) is 0 Å². The van der Waals surface area contributed by atoms with E-state index >= 15 is 0 Å². The number of ether oxygens (including phenoxy) is 1. The molecule has 2 aromatic rings. The number of rotatable bonds is 5. The first-order valence-electron chi connectivity index (χ1n) is 7.07. The maximum atomic E-state index is 10.8. The van der Waals surface area contributed by atoms with Crippen molar-refractivity contribution in [1.29, 1.82) is 0 Å². The van der Waals surface area contributed by atoms with Crippen LogP contribution in [0.2, 0.25) is 0 Å². The second kappa shape index (κ2) is 6.29. The van der Waals surface area contributed by atoms with Crippen LogP contribution >= 0.6 is 0 Å². The maximum absolute atomic E-state index is 10.8. The summed E-state index contributed by atoms with van der Waals surface area (Å²) in [5.41, 5.74) is 6.43. The van der Waals surface area contributed by atoms with Crippen molar-refractivity contribution in [2.24, 2.45) is 0 Å². The van der Waals surface area contributed by atoms with E-state index in [1.807, 2.05) is 0 Å². The second-order valence-corrected chi connectivity index (χ2v) is 6.60. The quantitative estimate of drug-likeness (QED) is 0.370. The number of hydrogen-bond acceptors (Lipinski definition) is 9. The summed E-state index contributed by atoms with van der Waals surface area (Å²) < 4.78 is 38.8. The van der Waals surface area contributed by atoms with Crippen LogP contribution in [-0.4, -0.2) is 67.8 Å². The van der Waals surface area contributed by atoms with Gasteiger partial charge in [0.2, 0.25) is 0 Å². The van der Waals surface area contributed by atoms with Gasteiger partial charge >= 0.3 is 10.3 Å². The molecule has 0 aromatic carbocycles. The van der Waals surface area contributed by atoms with Crippen LogP contribution in [0.4, 0.5) is 5.82 Å². The molecule has 2 aromatic heterocycles. The van der Waals surface area contributed by atoms with Gasteiger partial charge in [-0.25, -0.2) is 14.6 Å². The van der Waals surface area contributed by atoms with E-state index in [0.29, 0.717) is 11.1 Å². The van der Waals surface area contributed by atoms with Gasteiger partial charge in [-0.15, -0.1) is 0 Å². The van der Waals surface area contributed by atoms with Gasteiger partial charge in [0.25, 0.3) is 0 Å². The fraction of sp³-hybridized carbons (Fsp3) is 0.417.